The van der Waals surface area contributed by atoms with Gasteiger partial charge in [-0.2, -0.15) is 0 Å². The van der Waals surface area contributed by atoms with Gasteiger partial charge in [-0.1, -0.05) is 13.8 Å². The first-order valence-corrected chi connectivity index (χ1v) is 8.01. The summed E-state index contributed by atoms with van der Waals surface area (Å²) in [5.41, 5.74) is 3.15. The Labute approximate surface area is 115 Å². The van der Waals surface area contributed by atoms with Crippen LogP contribution in [0.4, 0.5) is 0 Å². The number of hydrogen-bond acceptors (Lipinski definition) is 4. The van der Waals surface area contributed by atoms with Crippen molar-refractivity contribution in [3.8, 4) is 0 Å². The van der Waals surface area contributed by atoms with E-state index in [4.69, 9.17) is 0 Å². The normalized spacial score (nSPS) is 29.6. The largest absolute Gasteiger partial charge is 0.314 e. The van der Waals surface area contributed by atoms with Crippen LogP contribution < -0.4 is 5.32 Å². The Balaban J connectivity index is 1.89. The second kappa shape index (κ2) is 6.64. The number of nitrogens with zero attached hydrogens (tertiary/aromatic N) is 2. The van der Waals surface area contributed by atoms with Gasteiger partial charge in [-0.15, -0.1) is 11.3 Å². The van der Waals surface area contributed by atoms with Gasteiger partial charge in [0.15, 0.2) is 0 Å². The summed E-state index contributed by atoms with van der Waals surface area (Å²) >= 11 is 1.69. The number of hydrogen-bond donors (Lipinski definition) is 1. The Kier molecular flexibility index (Phi) is 5.15. The zero-order chi connectivity index (χ0) is 13.0. The number of likely N-dealkylation sites (tertiary alicyclic amines) is 1. The highest BCUT2D eigenvalue weighted by Gasteiger charge is 2.31. The molecular formula is C14H25N3S. The minimum absolute atomic E-state index is 0.634. The van der Waals surface area contributed by atoms with Crippen LogP contribution in [0.15, 0.2) is 10.9 Å². The molecule has 1 aromatic heterocycles. The standard InChI is InChI=1S/C14H25N3S/c1-4-6-15-14-5-7-17(12(3)11(14)2)8-13-9-18-10-16-13/h9-12,14-15H,4-8H2,1-3H3. The molecule has 1 fully saturated rings. The predicted molar refractivity (Wildman–Crippen MR) is 77.8 cm³/mol. The maximum absolute atomic E-state index is 4.40. The molecule has 1 aliphatic heterocycles. The van der Waals surface area contributed by atoms with E-state index < -0.39 is 0 Å². The third-order valence-electron chi connectivity index (χ3n) is 4.20. The maximum atomic E-state index is 4.40. The number of piperidine rings is 1. The average Bonchev–Trinajstić information content (AvgIpc) is 2.87. The molecule has 0 spiro atoms. The van der Waals surface area contributed by atoms with E-state index in [2.05, 4.69) is 41.4 Å². The van der Waals surface area contributed by atoms with Gasteiger partial charge in [-0.05, 0) is 32.2 Å². The van der Waals surface area contributed by atoms with E-state index >= 15 is 0 Å². The Morgan fingerprint density at radius 1 is 1.50 bits per heavy atom. The van der Waals surface area contributed by atoms with Crippen molar-refractivity contribution in [2.24, 2.45) is 5.92 Å². The van der Waals surface area contributed by atoms with Crippen molar-refractivity contribution in [2.45, 2.75) is 52.2 Å². The zero-order valence-corrected chi connectivity index (χ0v) is 12.5. The van der Waals surface area contributed by atoms with Crippen molar-refractivity contribution in [1.82, 2.24) is 15.2 Å². The molecule has 0 aromatic carbocycles. The first kappa shape index (κ1) is 14.0. The lowest BCUT2D eigenvalue weighted by Gasteiger charge is -2.42. The molecule has 3 nitrogen and oxygen atoms in total. The van der Waals surface area contributed by atoms with Gasteiger partial charge in [-0.3, -0.25) is 4.90 Å². The quantitative estimate of drug-likeness (QED) is 0.889. The molecule has 0 saturated carbocycles. The van der Waals surface area contributed by atoms with Crippen molar-refractivity contribution < 1.29 is 0 Å². The van der Waals surface area contributed by atoms with E-state index in [0.29, 0.717) is 18.0 Å². The van der Waals surface area contributed by atoms with Crippen LogP contribution in [-0.4, -0.2) is 35.1 Å². The molecule has 0 amide bonds. The van der Waals surface area contributed by atoms with Gasteiger partial charge in [0.25, 0.3) is 0 Å². The molecule has 102 valence electrons. The highest BCUT2D eigenvalue weighted by atomic mass is 32.1. The molecule has 4 heteroatoms. The monoisotopic (exact) mass is 267 g/mol. The van der Waals surface area contributed by atoms with Crippen LogP contribution in [0.1, 0.15) is 39.3 Å². The molecule has 3 atom stereocenters. The van der Waals surface area contributed by atoms with Crippen LogP contribution in [0.5, 0.6) is 0 Å². The summed E-state index contributed by atoms with van der Waals surface area (Å²) in [4.78, 5) is 6.97. The van der Waals surface area contributed by atoms with Crippen LogP contribution in [0, 0.1) is 5.92 Å². The number of rotatable bonds is 5. The van der Waals surface area contributed by atoms with Gasteiger partial charge in [0.05, 0.1) is 11.2 Å². The number of thiazole rings is 1. The molecule has 2 heterocycles. The number of aromatic nitrogens is 1. The summed E-state index contributed by atoms with van der Waals surface area (Å²) in [7, 11) is 0. The van der Waals surface area contributed by atoms with E-state index in [-0.39, 0.29) is 0 Å². The lowest BCUT2D eigenvalue weighted by atomic mass is 9.87. The van der Waals surface area contributed by atoms with Crippen LogP contribution in [0.3, 0.4) is 0 Å². The Bertz CT molecular complexity index is 339. The van der Waals surface area contributed by atoms with Gasteiger partial charge in [0.2, 0.25) is 0 Å². The first-order chi connectivity index (χ1) is 8.72. The van der Waals surface area contributed by atoms with Crippen molar-refractivity contribution in [3.63, 3.8) is 0 Å². The topological polar surface area (TPSA) is 28.2 Å². The number of nitrogens with one attached hydrogen (secondary N) is 1. The van der Waals surface area contributed by atoms with Gasteiger partial charge < -0.3 is 5.32 Å². The van der Waals surface area contributed by atoms with Gasteiger partial charge >= 0.3 is 0 Å². The first-order valence-electron chi connectivity index (χ1n) is 7.07. The summed E-state index contributed by atoms with van der Waals surface area (Å²) < 4.78 is 0. The van der Waals surface area contributed by atoms with Crippen molar-refractivity contribution in [3.05, 3.63) is 16.6 Å². The molecule has 0 aliphatic carbocycles. The highest BCUT2D eigenvalue weighted by Crippen LogP contribution is 2.25. The summed E-state index contributed by atoms with van der Waals surface area (Å²) in [6, 6.07) is 1.32. The van der Waals surface area contributed by atoms with Crippen molar-refractivity contribution in [2.75, 3.05) is 13.1 Å². The molecular weight excluding hydrogens is 242 g/mol. The summed E-state index contributed by atoms with van der Waals surface area (Å²) in [6.45, 7) is 10.3. The minimum atomic E-state index is 0.634. The minimum Gasteiger partial charge on any atom is -0.314 e. The fraction of sp³-hybridized carbons (Fsp3) is 0.786. The third kappa shape index (κ3) is 3.31. The molecule has 2 rings (SSSR count). The molecule has 3 unspecified atom stereocenters. The summed E-state index contributed by atoms with van der Waals surface area (Å²) in [5, 5.41) is 5.86. The van der Waals surface area contributed by atoms with Crippen molar-refractivity contribution >= 4 is 11.3 Å². The average molecular weight is 267 g/mol. The van der Waals surface area contributed by atoms with E-state index in [1.54, 1.807) is 11.3 Å². The van der Waals surface area contributed by atoms with Crippen molar-refractivity contribution in [1.29, 1.82) is 0 Å². The van der Waals surface area contributed by atoms with E-state index in [1.165, 1.54) is 25.1 Å². The second-order valence-electron chi connectivity index (χ2n) is 5.40. The van der Waals surface area contributed by atoms with Crippen LogP contribution >= 0.6 is 11.3 Å². The third-order valence-corrected chi connectivity index (χ3v) is 4.84. The summed E-state index contributed by atoms with van der Waals surface area (Å²) in [6.07, 6.45) is 2.48. The molecule has 0 radical (unpaired) electrons. The van der Waals surface area contributed by atoms with Gasteiger partial charge in [0, 0.05) is 30.6 Å². The molecule has 1 aliphatic rings. The highest BCUT2D eigenvalue weighted by molar-refractivity contribution is 7.07. The van der Waals surface area contributed by atoms with Crippen LogP contribution in [-0.2, 0) is 6.54 Å². The predicted octanol–water partition coefficient (Wildman–Crippen LogP) is 2.74. The zero-order valence-electron chi connectivity index (χ0n) is 11.7. The van der Waals surface area contributed by atoms with E-state index in [1.807, 2.05) is 5.51 Å². The maximum Gasteiger partial charge on any atom is 0.0795 e. The molecule has 1 aromatic rings. The molecule has 0 bridgehead atoms. The second-order valence-corrected chi connectivity index (χ2v) is 6.12. The fourth-order valence-electron chi connectivity index (χ4n) is 2.80. The van der Waals surface area contributed by atoms with E-state index in [0.717, 1.165) is 13.1 Å². The SMILES string of the molecule is CCCNC1CCN(Cc2cscn2)C(C)C1C. The lowest BCUT2D eigenvalue weighted by Crippen LogP contribution is -2.53. The molecule has 1 N–H and O–H groups in total. The summed E-state index contributed by atoms with van der Waals surface area (Å²) in [5.74, 6) is 0.712. The lowest BCUT2D eigenvalue weighted by molar-refractivity contribution is 0.0775. The molecule has 18 heavy (non-hydrogen) atoms. The van der Waals surface area contributed by atoms with Gasteiger partial charge in [0.1, 0.15) is 0 Å². The Morgan fingerprint density at radius 2 is 2.33 bits per heavy atom. The van der Waals surface area contributed by atoms with Crippen LogP contribution in [0.25, 0.3) is 0 Å². The van der Waals surface area contributed by atoms with Gasteiger partial charge in [-0.25, -0.2) is 4.98 Å². The van der Waals surface area contributed by atoms with Crippen LogP contribution in [0.2, 0.25) is 0 Å². The smallest absolute Gasteiger partial charge is 0.0795 e. The Hall–Kier alpha value is -0.450. The molecule has 1 saturated heterocycles. The van der Waals surface area contributed by atoms with E-state index in [9.17, 15) is 0 Å². The fourth-order valence-corrected chi connectivity index (χ4v) is 3.35. The Morgan fingerprint density at radius 3 is 3.00 bits per heavy atom.